The molecule has 0 aromatic carbocycles. The summed E-state index contributed by atoms with van der Waals surface area (Å²) in [6.07, 6.45) is 15.2. The van der Waals surface area contributed by atoms with Crippen molar-refractivity contribution in [1.82, 2.24) is 15.2 Å². The molecule has 3 rings (SSSR count). The maximum absolute atomic E-state index is 12.6. The second-order valence-corrected chi connectivity index (χ2v) is 6.93. The number of pyridine rings is 1. The Morgan fingerprint density at radius 1 is 1.32 bits per heavy atom. The van der Waals surface area contributed by atoms with Crippen molar-refractivity contribution in [3.63, 3.8) is 0 Å². The number of terminal acetylenes is 1. The SMILES string of the molecule is C#CCN1CCCC[C@@H]1C(=O)NCc1ccnc(OC2CCCC2)c1. The van der Waals surface area contributed by atoms with E-state index >= 15 is 0 Å². The molecule has 0 spiro atoms. The molecule has 0 unspecified atom stereocenters. The predicted molar refractivity (Wildman–Crippen MR) is 97.0 cm³/mol. The van der Waals surface area contributed by atoms with Crippen LogP contribution in [0.3, 0.4) is 0 Å². The molecule has 5 heteroatoms. The zero-order valence-corrected chi connectivity index (χ0v) is 14.7. The lowest BCUT2D eigenvalue weighted by Crippen LogP contribution is -2.49. The van der Waals surface area contributed by atoms with Crippen molar-refractivity contribution in [1.29, 1.82) is 0 Å². The molecule has 1 aliphatic heterocycles. The Bertz CT molecular complexity index is 620. The minimum atomic E-state index is -0.110. The third-order valence-corrected chi connectivity index (χ3v) is 5.07. The quantitative estimate of drug-likeness (QED) is 0.808. The van der Waals surface area contributed by atoms with E-state index in [9.17, 15) is 4.79 Å². The Kier molecular flexibility index (Phi) is 6.30. The molecular weight excluding hydrogens is 314 g/mol. The first kappa shape index (κ1) is 17.8. The minimum absolute atomic E-state index is 0.0602. The number of ether oxygens (including phenoxy) is 1. The van der Waals surface area contributed by atoms with Crippen molar-refractivity contribution >= 4 is 5.91 Å². The molecule has 25 heavy (non-hydrogen) atoms. The second-order valence-electron chi connectivity index (χ2n) is 6.93. The average molecular weight is 341 g/mol. The third-order valence-electron chi connectivity index (χ3n) is 5.07. The Balaban J connectivity index is 1.53. The lowest BCUT2D eigenvalue weighted by Gasteiger charge is -2.33. The number of nitrogens with zero attached hydrogens (tertiary/aromatic N) is 2. The van der Waals surface area contributed by atoms with Gasteiger partial charge in [-0.25, -0.2) is 4.98 Å². The van der Waals surface area contributed by atoms with Crippen LogP contribution in [0.5, 0.6) is 5.88 Å². The van der Waals surface area contributed by atoms with E-state index in [1.54, 1.807) is 6.20 Å². The molecular formula is C20H27N3O2. The average Bonchev–Trinajstić information content (AvgIpc) is 3.14. The summed E-state index contributed by atoms with van der Waals surface area (Å²) in [6.45, 7) is 1.92. The van der Waals surface area contributed by atoms with Crippen LogP contribution in [-0.2, 0) is 11.3 Å². The van der Waals surface area contributed by atoms with E-state index < -0.39 is 0 Å². The molecule has 1 saturated heterocycles. The van der Waals surface area contributed by atoms with Crippen molar-refractivity contribution in [2.24, 2.45) is 0 Å². The van der Waals surface area contributed by atoms with Gasteiger partial charge in [0.15, 0.2) is 0 Å². The van der Waals surface area contributed by atoms with Crippen LogP contribution in [0.15, 0.2) is 18.3 Å². The van der Waals surface area contributed by atoms with E-state index in [-0.39, 0.29) is 18.1 Å². The van der Waals surface area contributed by atoms with E-state index in [0.29, 0.717) is 19.0 Å². The number of amides is 1. The van der Waals surface area contributed by atoms with Crippen LogP contribution in [0.25, 0.3) is 0 Å². The fourth-order valence-corrected chi connectivity index (χ4v) is 3.70. The van der Waals surface area contributed by atoms with Crippen LogP contribution in [0, 0.1) is 12.3 Å². The van der Waals surface area contributed by atoms with Gasteiger partial charge in [-0.3, -0.25) is 9.69 Å². The van der Waals surface area contributed by atoms with Gasteiger partial charge in [0.2, 0.25) is 11.8 Å². The van der Waals surface area contributed by atoms with E-state index in [2.05, 4.69) is 21.1 Å². The number of carbonyl (C=O) groups excluding carboxylic acids is 1. The topological polar surface area (TPSA) is 54.5 Å². The number of nitrogens with one attached hydrogen (secondary N) is 1. The van der Waals surface area contributed by atoms with Crippen molar-refractivity contribution < 1.29 is 9.53 Å². The summed E-state index contributed by atoms with van der Waals surface area (Å²) in [5.74, 6) is 3.38. The molecule has 5 nitrogen and oxygen atoms in total. The maximum Gasteiger partial charge on any atom is 0.237 e. The van der Waals surface area contributed by atoms with Gasteiger partial charge in [-0.15, -0.1) is 6.42 Å². The Morgan fingerprint density at radius 2 is 2.12 bits per heavy atom. The summed E-state index contributed by atoms with van der Waals surface area (Å²) in [7, 11) is 0. The molecule has 2 aliphatic rings. The highest BCUT2D eigenvalue weighted by Crippen LogP contribution is 2.23. The zero-order chi connectivity index (χ0) is 17.5. The van der Waals surface area contributed by atoms with Gasteiger partial charge in [0.05, 0.1) is 12.6 Å². The van der Waals surface area contributed by atoms with Gasteiger partial charge in [-0.1, -0.05) is 12.3 Å². The van der Waals surface area contributed by atoms with Gasteiger partial charge >= 0.3 is 0 Å². The lowest BCUT2D eigenvalue weighted by molar-refractivity contribution is -0.127. The monoisotopic (exact) mass is 341 g/mol. The van der Waals surface area contributed by atoms with Crippen LogP contribution in [0.1, 0.15) is 50.5 Å². The van der Waals surface area contributed by atoms with Crippen molar-refractivity contribution in [2.45, 2.75) is 63.6 Å². The lowest BCUT2D eigenvalue weighted by atomic mass is 10.0. The summed E-state index contributed by atoms with van der Waals surface area (Å²) < 4.78 is 5.93. The normalized spacial score (nSPS) is 21.6. The number of hydrogen-bond donors (Lipinski definition) is 1. The van der Waals surface area contributed by atoms with Crippen molar-refractivity contribution in [3.05, 3.63) is 23.9 Å². The summed E-state index contributed by atoms with van der Waals surface area (Å²) >= 11 is 0. The molecule has 1 aliphatic carbocycles. The molecule has 1 amide bonds. The molecule has 1 atom stereocenters. The van der Waals surface area contributed by atoms with Crippen molar-refractivity contribution in [3.8, 4) is 18.2 Å². The van der Waals surface area contributed by atoms with Gasteiger partial charge in [0.25, 0.3) is 0 Å². The second kappa shape index (κ2) is 8.87. The summed E-state index contributed by atoms with van der Waals surface area (Å²) in [5, 5.41) is 3.05. The summed E-state index contributed by atoms with van der Waals surface area (Å²) in [5.41, 5.74) is 1.01. The number of carbonyl (C=O) groups is 1. The Hall–Kier alpha value is -2.06. The maximum atomic E-state index is 12.6. The molecule has 1 saturated carbocycles. The van der Waals surface area contributed by atoms with Gasteiger partial charge in [0.1, 0.15) is 6.10 Å². The molecule has 0 bridgehead atoms. The predicted octanol–water partition coefficient (Wildman–Crippen LogP) is 2.51. The first-order valence-electron chi connectivity index (χ1n) is 9.33. The largest absolute Gasteiger partial charge is 0.474 e. The molecule has 1 aromatic heterocycles. The zero-order valence-electron chi connectivity index (χ0n) is 14.7. The van der Waals surface area contributed by atoms with E-state index in [0.717, 1.165) is 44.2 Å². The number of piperidine rings is 1. The molecule has 1 N–H and O–H groups in total. The van der Waals surface area contributed by atoms with Crippen LogP contribution in [0.2, 0.25) is 0 Å². The number of likely N-dealkylation sites (tertiary alicyclic amines) is 1. The molecule has 2 fully saturated rings. The standard InChI is InChI=1S/C20H27N3O2/c1-2-12-23-13-6-5-9-18(23)20(24)22-15-16-10-11-21-19(14-16)25-17-7-3-4-8-17/h1,10-11,14,17-18H,3-9,12-13,15H2,(H,22,24)/t18-/m1/s1. The van der Waals surface area contributed by atoms with Crippen LogP contribution in [-0.4, -0.2) is 41.0 Å². The molecule has 134 valence electrons. The number of aromatic nitrogens is 1. The number of hydrogen-bond acceptors (Lipinski definition) is 4. The van der Waals surface area contributed by atoms with Crippen molar-refractivity contribution in [2.75, 3.05) is 13.1 Å². The molecule has 2 heterocycles. The van der Waals surface area contributed by atoms with Gasteiger partial charge < -0.3 is 10.1 Å². The van der Waals surface area contributed by atoms with E-state index in [4.69, 9.17) is 11.2 Å². The Morgan fingerprint density at radius 3 is 2.92 bits per heavy atom. The van der Waals surface area contributed by atoms with Crippen LogP contribution in [0.4, 0.5) is 0 Å². The smallest absolute Gasteiger partial charge is 0.237 e. The van der Waals surface area contributed by atoms with Gasteiger partial charge in [0, 0.05) is 18.8 Å². The van der Waals surface area contributed by atoms with Crippen LogP contribution >= 0.6 is 0 Å². The molecule has 0 radical (unpaired) electrons. The van der Waals surface area contributed by atoms with Crippen LogP contribution < -0.4 is 10.1 Å². The minimum Gasteiger partial charge on any atom is -0.474 e. The Labute approximate surface area is 150 Å². The highest BCUT2D eigenvalue weighted by Gasteiger charge is 2.27. The highest BCUT2D eigenvalue weighted by atomic mass is 16.5. The third kappa shape index (κ3) is 4.96. The fourth-order valence-electron chi connectivity index (χ4n) is 3.70. The first-order chi connectivity index (χ1) is 12.3. The fraction of sp³-hybridized carbons (Fsp3) is 0.600. The molecule has 1 aromatic rings. The summed E-state index contributed by atoms with van der Waals surface area (Å²) in [4.78, 5) is 18.9. The first-order valence-corrected chi connectivity index (χ1v) is 9.33. The van der Waals surface area contributed by atoms with Gasteiger partial charge in [-0.05, 0) is 56.7 Å². The van der Waals surface area contributed by atoms with E-state index in [1.807, 2.05) is 12.1 Å². The number of rotatable bonds is 6. The van der Waals surface area contributed by atoms with Gasteiger partial charge in [-0.2, -0.15) is 0 Å². The van der Waals surface area contributed by atoms with E-state index in [1.165, 1.54) is 12.8 Å². The summed E-state index contributed by atoms with van der Waals surface area (Å²) in [6, 6.07) is 3.74. The highest BCUT2D eigenvalue weighted by molar-refractivity contribution is 5.81.